The molecule has 176 valence electrons. The number of ether oxygens (including phenoxy) is 1. The van der Waals surface area contributed by atoms with E-state index in [-0.39, 0.29) is 12.0 Å². The van der Waals surface area contributed by atoms with Crippen LogP contribution < -0.4 is 4.74 Å². The Labute approximate surface area is 209 Å². The molecule has 1 fully saturated rings. The monoisotopic (exact) mass is 490 g/mol. The van der Waals surface area contributed by atoms with Crippen molar-refractivity contribution in [3.8, 4) is 5.75 Å². The highest BCUT2D eigenvalue weighted by Gasteiger charge is 2.24. The second-order valence-electron chi connectivity index (χ2n) is 9.07. The lowest BCUT2D eigenvalue weighted by Crippen LogP contribution is -2.42. The fourth-order valence-electron chi connectivity index (χ4n) is 4.52. The molecule has 0 N–H and O–H groups in total. The average molecular weight is 491 g/mol. The molecule has 1 aliphatic heterocycles. The van der Waals surface area contributed by atoms with Crippen molar-refractivity contribution in [3.05, 3.63) is 87.4 Å². The van der Waals surface area contributed by atoms with Crippen molar-refractivity contribution in [2.45, 2.75) is 38.5 Å². The van der Waals surface area contributed by atoms with E-state index >= 15 is 0 Å². The van der Waals surface area contributed by atoms with Crippen LogP contribution in [0.15, 0.2) is 71.4 Å². The number of amides is 1. The standard InChI is InChI=1S/C28H30N2O2S2/c1-29(19-26-17-23-4-2-3-5-27(23)34-26)18-21-6-8-24(9-7-21)32-25-10-13-30(14-11-25)28(31)16-22-12-15-33-20-22/h2-9,12,15,17,20,25H,10-11,13-14,16,18-19H2,1H3. The van der Waals surface area contributed by atoms with Gasteiger partial charge in [-0.15, -0.1) is 11.3 Å². The van der Waals surface area contributed by atoms with Crippen molar-refractivity contribution < 1.29 is 9.53 Å². The Morgan fingerprint density at radius 3 is 2.56 bits per heavy atom. The quantitative estimate of drug-likeness (QED) is 0.294. The summed E-state index contributed by atoms with van der Waals surface area (Å²) in [5, 5.41) is 5.41. The van der Waals surface area contributed by atoms with Gasteiger partial charge in [0.25, 0.3) is 0 Å². The molecule has 0 radical (unpaired) electrons. The van der Waals surface area contributed by atoms with E-state index in [0.29, 0.717) is 6.42 Å². The number of hydrogen-bond donors (Lipinski definition) is 0. The molecular formula is C28H30N2O2S2. The highest BCUT2D eigenvalue weighted by Crippen LogP contribution is 2.27. The number of rotatable bonds is 8. The van der Waals surface area contributed by atoms with Gasteiger partial charge in [-0.1, -0.05) is 30.3 Å². The molecule has 4 aromatic rings. The molecule has 5 rings (SSSR count). The number of benzene rings is 2. The predicted octanol–water partition coefficient (Wildman–Crippen LogP) is 6.21. The second kappa shape index (κ2) is 10.7. The molecule has 0 atom stereocenters. The number of carbonyl (C=O) groups is 1. The lowest BCUT2D eigenvalue weighted by atomic mass is 10.1. The maximum absolute atomic E-state index is 12.5. The molecule has 1 amide bonds. The summed E-state index contributed by atoms with van der Waals surface area (Å²) in [6, 6.07) is 21.4. The van der Waals surface area contributed by atoms with Gasteiger partial charge in [0, 0.05) is 48.6 Å². The van der Waals surface area contributed by atoms with Gasteiger partial charge in [-0.05, 0) is 64.7 Å². The van der Waals surface area contributed by atoms with E-state index in [4.69, 9.17) is 4.74 Å². The van der Waals surface area contributed by atoms with Crippen molar-refractivity contribution in [2.75, 3.05) is 20.1 Å². The van der Waals surface area contributed by atoms with Gasteiger partial charge < -0.3 is 9.64 Å². The average Bonchev–Trinajstić information content (AvgIpc) is 3.50. The normalized spacial score (nSPS) is 14.7. The molecular weight excluding hydrogens is 460 g/mol. The van der Waals surface area contributed by atoms with Crippen molar-refractivity contribution in [2.24, 2.45) is 0 Å². The predicted molar refractivity (Wildman–Crippen MR) is 142 cm³/mol. The molecule has 2 aromatic heterocycles. The highest BCUT2D eigenvalue weighted by atomic mass is 32.1. The summed E-state index contributed by atoms with van der Waals surface area (Å²) in [6.07, 6.45) is 2.45. The molecule has 2 aromatic carbocycles. The summed E-state index contributed by atoms with van der Waals surface area (Å²) in [4.78, 5) is 18.2. The minimum atomic E-state index is 0.173. The van der Waals surface area contributed by atoms with E-state index in [2.05, 4.69) is 71.9 Å². The summed E-state index contributed by atoms with van der Waals surface area (Å²) >= 11 is 3.52. The minimum absolute atomic E-state index is 0.173. The first kappa shape index (κ1) is 23.1. The minimum Gasteiger partial charge on any atom is -0.490 e. The Balaban J connectivity index is 1.07. The van der Waals surface area contributed by atoms with Gasteiger partial charge in [0.05, 0.1) is 6.42 Å². The van der Waals surface area contributed by atoms with Gasteiger partial charge in [0.1, 0.15) is 11.9 Å². The van der Waals surface area contributed by atoms with Gasteiger partial charge in [0.2, 0.25) is 5.91 Å². The van der Waals surface area contributed by atoms with Crippen LogP contribution in [0.2, 0.25) is 0 Å². The maximum Gasteiger partial charge on any atom is 0.227 e. The summed E-state index contributed by atoms with van der Waals surface area (Å²) in [6.45, 7) is 3.39. The summed E-state index contributed by atoms with van der Waals surface area (Å²) in [7, 11) is 2.17. The first-order valence-electron chi connectivity index (χ1n) is 11.8. The van der Waals surface area contributed by atoms with E-state index in [1.165, 1.54) is 20.5 Å². The molecule has 0 bridgehead atoms. The molecule has 3 heterocycles. The fraction of sp³-hybridized carbons (Fsp3) is 0.321. The zero-order chi connectivity index (χ0) is 23.3. The lowest BCUT2D eigenvalue weighted by Gasteiger charge is -2.32. The highest BCUT2D eigenvalue weighted by molar-refractivity contribution is 7.19. The third-order valence-electron chi connectivity index (χ3n) is 6.31. The van der Waals surface area contributed by atoms with Gasteiger partial charge in [-0.25, -0.2) is 0 Å². The first-order valence-corrected chi connectivity index (χ1v) is 13.6. The van der Waals surface area contributed by atoms with Crippen molar-refractivity contribution in [1.29, 1.82) is 0 Å². The van der Waals surface area contributed by atoms with Crippen LogP contribution in [-0.2, 0) is 24.3 Å². The number of thiophene rings is 2. The molecule has 0 aliphatic carbocycles. The molecule has 0 spiro atoms. The van der Waals surface area contributed by atoms with Crippen LogP contribution in [0.1, 0.15) is 28.8 Å². The number of likely N-dealkylation sites (tertiary alicyclic amines) is 1. The molecule has 34 heavy (non-hydrogen) atoms. The van der Waals surface area contributed by atoms with Crippen molar-refractivity contribution in [1.82, 2.24) is 9.80 Å². The zero-order valence-electron chi connectivity index (χ0n) is 19.5. The van der Waals surface area contributed by atoms with Crippen LogP contribution in [-0.4, -0.2) is 41.9 Å². The number of hydrogen-bond acceptors (Lipinski definition) is 5. The van der Waals surface area contributed by atoms with Gasteiger partial charge >= 0.3 is 0 Å². The number of piperidine rings is 1. The van der Waals surface area contributed by atoms with Gasteiger partial charge in [0.15, 0.2) is 0 Å². The van der Waals surface area contributed by atoms with Crippen LogP contribution in [0.25, 0.3) is 10.1 Å². The first-order chi connectivity index (χ1) is 16.6. The SMILES string of the molecule is CN(Cc1ccc(OC2CCN(C(=O)Cc3ccsc3)CC2)cc1)Cc1cc2ccccc2s1. The third-order valence-corrected chi connectivity index (χ3v) is 8.14. The Hall–Kier alpha value is -2.67. The van der Waals surface area contributed by atoms with Gasteiger partial charge in [-0.3, -0.25) is 9.69 Å². The summed E-state index contributed by atoms with van der Waals surface area (Å²) in [5.74, 6) is 1.14. The van der Waals surface area contributed by atoms with Gasteiger partial charge in [-0.2, -0.15) is 11.3 Å². The molecule has 0 unspecified atom stereocenters. The molecule has 1 saturated heterocycles. The molecule has 4 nitrogen and oxygen atoms in total. The van der Waals surface area contributed by atoms with Crippen LogP contribution in [0, 0.1) is 0 Å². The van der Waals surface area contributed by atoms with Crippen LogP contribution >= 0.6 is 22.7 Å². The second-order valence-corrected chi connectivity index (χ2v) is 11.0. The number of carbonyl (C=O) groups excluding carboxylic acids is 1. The Morgan fingerprint density at radius 2 is 1.82 bits per heavy atom. The Morgan fingerprint density at radius 1 is 1.03 bits per heavy atom. The van der Waals surface area contributed by atoms with Crippen LogP contribution in [0.4, 0.5) is 0 Å². The van der Waals surface area contributed by atoms with Crippen LogP contribution in [0.5, 0.6) is 5.75 Å². The Bertz CT molecular complexity index is 1180. The molecule has 6 heteroatoms. The fourth-order valence-corrected chi connectivity index (χ4v) is 6.33. The van der Waals surface area contributed by atoms with Crippen LogP contribution in [0.3, 0.4) is 0 Å². The number of fused-ring (bicyclic) bond motifs is 1. The van der Waals surface area contributed by atoms with E-state index in [1.807, 2.05) is 27.7 Å². The van der Waals surface area contributed by atoms with Crippen molar-refractivity contribution in [3.63, 3.8) is 0 Å². The maximum atomic E-state index is 12.5. The Kier molecular flexibility index (Phi) is 7.28. The zero-order valence-corrected chi connectivity index (χ0v) is 21.1. The smallest absolute Gasteiger partial charge is 0.227 e. The number of nitrogens with zero attached hydrogens (tertiary/aromatic N) is 2. The summed E-state index contributed by atoms with van der Waals surface area (Å²) < 4.78 is 7.58. The van der Waals surface area contributed by atoms with Crippen molar-refractivity contribution >= 4 is 38.7 Å². The largest absolute Gasteiger partial charge is 0.490 e. The molecule has 1 aliphatic rings. The van der Waals surface area contributed by atoms with E-state index < -0.39 is 0 Å². The third kappa shape index (κ3) is 5.87. The molecule has 0 saturated carbocycles. The lowest BCUT2D eigenvalue weighted by molar-refractivity contribution is -0.132. The van der Waals surface area contributed by atoms with E-state index in [9.17, 15) is 4.79 Å². The van der Waals surface area contributed by atoms with E-state index in [0.717, 1.165) is 50.3 Å². The topological polar surface area (TPSA) is 32.8 Å². The van der Waals surface area contributed by atoms with E-state index in [1.54, 1.807) is 11.3 Å². The summed E-state index contributed by atoms with van der Waals surface area (Å²) in [5.41, 5.74) is 2.40.